The number of furan rings is 1. The zero-order chi connectivity index (χ0) is 18.4. The van der Waals surface area contributed by atoms with Crippen molar-refractivity contribution in [1.82, 2.24) is 0 Å². The number of hydrogen-bond acceptors (Lipinski definition) is 4. The molecule has 0 radical (unpaired) electrons. The third-order valence-electron chi connectivity index (χ3n) is 4.32. The van der Waals surface area contributed by atoms with Crippen LogP contribution in [0.3, 0.4) is 0 Å². The van der Waals surface area contributed by atoms with Gasteiger partial charge in [-0.3, -0.25) is 4.79 Å². The van der Waals surface area contributed by atoms with Crippen LogP contribution < -0.4 is 10.9 Å². The van der Waals surface area contributed by atoms with Gasteiger partial charge >= 0.3 is 5.63 Å². The summed E-state index contributed by atoms with van der Waals surface area (Å²) in [6, 6.07) is 12.8. The van der Waals surface area contributed by atoms with Gasteiger partial charge in [-0.1, -0.05) is 18.2 Å². The minimum absolute atomic E-state index is 0.211. The number of nitrogens with one attached hydrogen (secondary N) is 1. The van der Waals surface area contributed by atoms with Crippen molar-refractivity contribution in [2.45, 2.75) is 20.8 Å². The third kappa shape index (κ3) is 2.58. The topological polar surface area (TPSA) is 72.5 Å². The smallest absolute Gasteiger partial charge is 0.336 e. The average Bonchev–Trinajstić information content (AvgIpc) is 2.93. The molecule has 0 saturated carbocycles. The first-order valence-electron chi connectivity index (χ1n) is 8.28. The molecule has 2 aromatic carbocycles. The summed E-state index contributed by atoms with van der Waals surface area (Å²) in [6.45, 7) is 5.32. The van der Waals surface area contributed by atoms with Gasteiger partial charge in [0.05, 0.1) is 5.69 Å². The Morgan fingerprint density at radius 3 is 2.54 bits per heavy atom. The van der Waals surface area contributed by atoms with Crippen LogP contribution in [0.5, 0.6) is 0 Å². The molecule has 0 atom stereocenters. The van der Waals surface area contributed by atoms with Crippen molar-refractivity contribution in [3.8, 4) is 11.3 Å². The van der Waals surface area contributed by atoms with Gasteiger partial charge < -0.3 is 14.2 Å². The highest BCUT2D eigenvalue weighted by atomic mass is 16.4. The molecule has 4 rings (SSSR count). The van der Waals surface area contributed by atoms with Crippen LogP contribution in [0.1, 0.15) is 18.1 Å². The molecule has 1 N–H and O–H groups in total. The van der Waals surface area contributed by atoms with Gasteiger partial charge in [0.2, 0.25) is 5.91 Å². The second-order valence-corrected chi connectivity index (χ2v) is 6.42. The van der Waals surface area contributed by atoms with E-state index in [1.54, 1.807) is 0 Å². The Hall–Kier alpha value is -3.34. The molecule has 2 aromatic heterocycles. The summed E-state index contributed by atoms with van der Waals surface area (Å²) < 4.78 is 11.5. The lowest BCUT2D eigenvalue weighted by atomic mass is 10.0. The number of aryl methyl sites for hydroxylation is 2. The fraction of sp³-hybridized carbons (Fsp3) is 0.143. The van der Waals surface area contributed by atoms with Gasteiger partial charge in [0, 0.05) is 29.3 Å². The summed E-state index contributed by atoms with van der Waals surface area (Å²) in [5.41, 5.74) is 3.76. The van der Waals surface area contributed by atoms with E-state index in [4.69, 9.17) is 8.83 Å². The van der Waals surface area contributed by atoms with Crippen LogP contribution in [-0.2, 0) is 4.79 Å². The molecule has 0 aliphatic heterocycles. The van der Waals surface area contributed by atoms with E-state index < -0.39 is 5.63 Å². The Balaban J connectivity index is 2.13. The van der Waals surface area contributed by atoms with Gasteiger partial charge in [0.15, 0.2) is 5.76 Å². The zero-order valence-electron chi connectivity index (χ0n) is 14.7. The highest BCUT2D eigenvalue weighted by Crippen LogP contribution is 2.40. The number of hydrogen-bond donors (Lipinski definition) is 1. The van der Waals surface area contributed by atoms with Crippen LogP contribution in [0.4, 0.5) is 5.69 Å². The van der Waals surface area contributed by atoms with Crippen molar-refractivity contribution in [3.05, 3.63) is 64.0 Å². The first kappa shape index (κ1) is 16.1. The molecule has 0 fully saturated rings. The van der Waals surface area contributed by atoms with E-state index in [1.165, 1.54) is 13.0 Å². The van der Waals surface area contributed by atoms with Crippen LogP contribution in [0.15, 0.2) is 56.1 Å². The molecule has 0 aliphatic carbocycles. The number of benzene rings is 2. The predicted molar refractivity (Wildman–Crippen MR) is 101 cm³/mol. The number of amides is 1. The summed E-state index contributed by atoms with van der Waals surface area (Å²) >= 11 is 0. The zero-order valence-corrected chi connectivity index (χ0v) is 14.7. The maximum atomic E-state index is 12.2. The summed E-state index contributed by atoms with van der Waals surface area (Å²) in [5.74, 6) is 0.238. The van der Waals surface area contributed by atoms with Gasteiger partial charge in [0.25, 0.3) is 0 Å². The second-order valence-electron chi connectivity index (χ2n) is 6.42. The van der Waals surface area contributed by atoms with Crippen molar-refractivity contribution < 1.29 is 13.6 Å². The first-order valence-corrected chi connectivity index (χ1v) is 8.28. The second kappa shape index (κ2) is 5.88. The van der Waals surface area contributed by atoms with Crippen LogP contribution >= 0.6 is 0 Å². The molecule has 0 unspecified atom stereocenters. The van der Waals surface area contributed by atoms with Gasteiger partial charge in [0.1, 0.15) is 11.2 Å². The molecule has 5 nitrogen and oxygen atoms in total. The van der Waals surface area contributed by atoms with E-state index in [2.05, 4.69) is 5.32 Å². The molecule has 26 heavy (non-hydrogen) atoms. The van der Waals surface area contributed by atoms with Crippen molar-refractivity contribution >= 4 is 33.5 Å². The lowest BCUT2D eigenvalue weighted by Crippen LogP contribution is -2.07. The largest absolute Gasteiger partial charge is 0.454 e. The minimum atomic E-state index is -0.464. The molecule has 1 amide bonds. The third-order valence-corrected chi connectivity index (χ3v) is 4.32. The Morgan fingerprint density at radius 1 is 1.00 bits per heavy atom. The van der Waals surface area contributed by atoms with Crippen molar-refractivity contribution in [2.24, 2.45) is 0 Å². The number of carbonyl (C=O) groups is 1. The standard InChI is InChI=1S/C21H17NO4/c1-11-8-12(2)20-15(9-11)16(10-18(24)26-20)21-19(22-13(3)23)14-6-4-5-7-17(14)25-21/h4-10H,1-3H3,(H,22,23). The molecule has 4 aromatic rings. The van der Waals surface area contributed by atoms with E-state index in [1.807, 2.05) is 50.2 Å². The molecule has 0 bridgehead atoms. The molecule has 130 valence electrons. The fourth-order valence-corrected chi connectivity index (χ4v) is 3.34. The summed E-state index contributed by atoms with van der Waals surface area (Å²) in [4.78, 5) is 23.9. The Bertz CT molecular complexity index is 1230. The molecular formula is C21H17NO4. The van der Waals surface area contributed by atoms with E-state index in [9.17, 15) is 9.59 Å². The molecular weight excluding hydrogens is 330 g/mol. The lowest BCUT2D eigenvalue weighted by molar-refractivity contribution is -0.114. The number of rotatable bonds is 2. The highest BCUT2D eigenvalue weighted by molar-refractivity contribution is 6.09. The molecule has 0 saturated heterocycles. The van der Waals surface area contributed by atoms with Gasteiger partial charge in [-0.05, 0) is 43.2 Å². The van der Waals surface area contributed by atoms with Crippen LogP contribution in [0, 0.1) is 13.8 Å². The molecule has 0 spiro atoms. The van der Waals surface area contributed by atoms with E-state index in [0.29, 0.717) is 28.2 Å². The number of anilines is 1. The maximum Gasteiger partial charge on any atom is 0.336 e. The quantitative estimate of drug-likeness (QED) is 0.530. The predicted octanol–water partition coefficient (Wildman–Crippen LogP) is 4.78. The van der Waals surface area contributed by atoms with Gasteiger partial charge in [-0.2, -0.15) is 0 Å². The summed E-state index contributed by atoms with van der Waals surface area (Å²) in [6.07, 6.45) is 0. The van der Waals surface area contributed by atoms with Crippen molar-refractivity contribution in [3.63, 3.8) is 0 Å². The number of carbonyl (C=O) groups excluding carboxylic acids is 1. The molecule has 5 heteroatoms. The van der Waals surface area contributed by atoms with E-state index in [-0.39, 0.29) is 5.91 Å². The Morgan fingerprint density at radius 2 is 1.77 bits per heavy atom. The average molecular weight is 347 g/mol. The SMILES string of the molecule is CC(=O)Nc1c(-c2cc(=O)oc3c(C)cc(C)cc23)oc2ccccc12. The Kier molecular flexibility index (Phi) is 3.65. The van der Waals surface area contributed by atoms with Gasteiger partial charge in [-0.15, -0.1) is 0 Å². The minimum Gasteiger partial charge on any atom is -0.454 e. The van der Waals surface area contributed by atoms with E-state index in [0.717, 1.165) is 21.9 Å². The highest BCUT2D eigenvalue weighted by Gasteiger charge is 2.20. The van der Waals surface area contributed by atoms with Gasteiger partial charge in [-0.25, -0.2) is 4.79 Å². The normalized spacial score (nSPS) is 11.2. The Labute approximate surface area is 149 Å². The summed E-state index contributed by atoms with van der Waals surface area (Å²) in [7, 11) is 0. The summed E-state index contributed by atoms with van der Waals surface area (Å²) in [5, 5.41) is 4.39. The van der Waals surface area contributed by atoms with Crippen molar-refractivity contribution in [2.75, 3.05) is 5.32 Å². The van der Waals surface area contributed by atoms with Crippen LogP contribution in [0.25, 0.3) is 33.3 Å². The van der Waals surface area contributed by atoms with Crippen LogP contribution in [0.2, 0.25) is 0 Å². The number of fused-ring (bicyclic) bond motifs is 2. The molecule has 2 heterocycles. The fourth-order valence-electron chi connectivity index (χ4n) is 3.34. The molecule has 0 aliphatic rings. The number of para-hydroxylation sites is 1. The maximum absolute atomic E-state index is 12.2. The monoisotopic (exact) mass is 347 g/mol. The first-order chi connectivity index (χ1) is 12.4. The van der Waals surface area contributed by atoms with Crippen LogP contribution in [-0.4, -0.2) is 5.91 Å². The lowest BCUT2D eigenvalue weighted by Gasteiger charge is -2.09. The van der Waals surface area contributed by atoms with E-state index >= 15 is 0 Å². The van der Waals surface area contributed by atoms with Crippen molar-refractivity contribution in [1.29, 1.82) is 0 Å².